The molecule has 106 valence electrons. The monoisotopic (exact) mass is 286 g/mol. The number of hydrogen-bond donors (Lipinski definition) is 1. The molecule has 0 spiro atoms. The van der Waals surface area contributed by atoms with Gasteiger partial charge in [0.25, 0.3) is 0 Å². The second-order valence-electron chi connectivity index (χ2n) is 4.71. The maximum atomic E-state index is 14.0. The lowest BCUT2D eigenvalue weighted by atomic mass is 9.98. The van der Waals surface area contributed by atoms with Crippen LogP contribution >= 0.6 is 0 Å². The predicted molar refractivity (Wildman–Crippen MR) is 76.4 cm³/mol. The van der Waals surface area contributed by atoms with Crippen LogP contribution in [0.4, 0.5) is 14.6 Å². The molecular formula is C16H12F2N2O. The lowest BCUT2D eigenvalue weighted by molar-refractivity contribution is 0.435. The lowest BCUT2D eigenvalue weighted by Crippen LogP contribution is -1.92. The van der Waals surface area contributed by atoms with E-state index in [1.54, 1.807) is 31.2 Å². The van der Waals surface area contributed by atoms with Crippen molar-refractivity contribution in [1.29, 1.82) is 0 Å². The van der Waals surface area contributed by atoms with Crippen molar-refractivity contribution in [1.82, 2.24) is 5.16 Å². The van der Waals surface area contributed by atoms with E-state index in [4.69, 9.17) is 10.3 Å². The first kappa shape index (κ1) is 13.3. The van der Waals surface area contributed by atoms with Gasteiger partial charge in [-0.15, -0.1) is 0 Å². The van der Waals surface area contributed by atoms with E-state index in [0.717, 1.165) is 0 Å². The molecule has 1 heterocycles. The van der Waals surface area contributed by atoms with Crippen LogP contribution in [0.5, 0.6) is 0 Å². The zero-order valence-electron chi connectivity index (χ0n) is 11.2. The van der Waals surface area contributed by atoms with Gasteiger partial charge in [-0.25, -0.2) is 8.78 Å². The number of hydrogen-bond acceptors (Lipinski definition) is 3. The van der Waals surface area contributed by atoms with Gasteiger partial charge >= 0.3 is 0 Å². The summed E-state index contributed by atoms with van der Waals surface area (Å²) in [5.41, 5.74) is 7.77. The Morgan fingerprint density at radius 1 is 1.05 bits per heavy atom. The SMILES string of the molecule is Cc1cc(F)ccc1-c1onc(N)c1-c1ccccc1F. The molecule has 3 aromatic rings. The molecule has 3 nitrogen and oxygen atoms in total. The topological polar surface area (TPSA) is 52.0 Å². The maximum Gasteiger partial charge on any atom is 0.177 e. The van der Waals surface area contributed by atoms with E-state index in [9.17, 15) is 8.78 Å². The molecule has 0 saturated heterocycles. The number of benzene rings is 2. The second kappa shape index (κ2) is 5.01. The summed E-state index contributed by atoms with van der Waals surface area (Å²) in [6.07, 6.45) is 0. The number of aryl methyl sites for hydroxylation is 1. The minimum absolute atomic E-state index is 0.0961. The number of nitrogens with two attached hydrogens (primary N) is 1. The quantitative estimate of drug-likeness (QED) is 0.769. The first-order chi connectivity index (χ1) is 10.1. The smallest absolute Gasteiger partial charge is 0.177 e. The molecule has 0 saturated carbocycles. The summed E-state index contributed by atoms with van der Waals surface area (Å²) in [5.74, 6) is -0.349. The molecule has 2 N–H and O–H groups in total. The van der Waals surface area contributed by atoms with Crippen LogP contribution in [-0.4, -0.2) is 5.16 Å². The molecule has 0 atom stereocenters. The summed E-state index contributed by atoms with van der Waals surface area (Å²) in [7, 11) is 0. The average Bonchev–Trinajstić information content (AvgIpc) is 2.81. The summed E-state index contributed by atoms with van der Waals surface area (Å²) >= 11 is 0. The van der Waals surface area contributed by atoms with Crippen LogP contribution in [0.15, 0.2) is 47.0 Å². The fourth-order valence-electron chi connectivity index (χ4n) is 2.29. The first-order valence-electron chi connectivity index (χ1n) is 6.34. The van der Waals surface area contributed by atoms with Gasteiger partial charge in [0.05, 0.1) is 5.56 Å². The van der Waals surface area contributed by atoms with Crippen molar-refractivity contribution in [3.05, 3.63) is 59.7 Å². The molecule has 0 fully saturated rings. The summed E-state index contributed by atoms with van der Waals surface area (Å²) in [5, 5.41) is 3.72. The van der Waals surface area contributed by atoms with Gasteiger partial charge < -0.3 is 10.3 Å². The molecule has 0 radical (unpaired) electrons. The van der Waals surface area contributed by atoms with Crippen molar-refractivity contribution < 1.29 is 13.3 Å². The number of nitrogens with zero attached hydrogens (tertiary/aromatic N) is 1. The standard InChI is InChI=1S/C16H12F2N2O/c1-9-8-10(17)6-7-11(9)15-14(16(19)20-21-15)12-4-2-3-5-13(12)18/h2-8H,1H3,(H2,19,20). The van der Waals surface area contributed by atoms with Crippen LogP contribution in [0.3, 0.4) is 0 Å². The van der Waals surface area contributed by atoms with Crippen LogP contribution in [0, 0.1) is 18.6 Å². The van der Waals surface area contributed by atoms with Crippen molar-refractivity contribution in [3.8, 4) is 22.5 Å². The number of anilines is 1. The number of halogens is 2. The minimum atomic E-state index is -0.423. The molecule has 0 aliphatic carbocycles. The van der Waals surface area contributed by atoms with Gasteiger partial charge in [0.1, 0.15) is 11.6 Å². The van der Waals surface area contributed by atoms with Crippen LogP contribution in [0.1, 0.15) is 5.56 Å². The molecule has 21 heavy (non-hydrogen) atoms. The van der Waals surface area contributed by atoms with E-state index in [1.165, 1.54) is 18.2 Å². The van der Waals surface area contributed by atoms with E-state index < -0.39 is 5.82 Å². The van der Waals surface area contributed by atoms with Gasteiger partial charge in [0, 0.05) is 11.1 Å². The van der Waals surface area contributed by atoms with Crippen molar-refractivity contribution in [3.63, 3.8) is 0 Å². The summed E-state index contributed by atoms with van der Waals surface area (Å²) < 4.78 is 32.5. The van der Waals surface area contributed by atoms with Gasteiger partial charge in [0.2, 0.25) is 0 Å². The molecule has 2 aromatic carbocycles. The van der Waals surface area contributed by atoms with E-state index in [-0.39, 0.29) is 11.6 Å². The number of rotatable bonds is 2. The highest BCUT2D eigenvalue weighted by Crippen LogP contribution is 2.38. The van der Waals surface area contributed by atoms with Gasteiger partial charge in [-0.05, 0) is 36.8 Å². The molecule has 0 bridgehead atoms. The first-order valence-corrected chi connectivity index (χ1v) is 6.34. The Bertz CT molecular complexity index is 812. The predicted octanol–water partition coefficient (Wildman–Crippen LogP) is 4.18. The van der Waals surface area contributed by atoms with Crippen molar-refractivity contribution >= 4 is 5.82 Å². The van der Waals surface area contributed by atoms with Crippen LogP contribution in [0.25, 0.3) is 22.5 Å². The van der Waals surface area contributed by atoms with E-state index in [0.29, 0.717) is 28.0 Å². The highest BCUT2D eigenvalue weighted by molar-refractivity contribution is 5.87. The van der Waals surface area contributed by atoms with Gasteiger partial charge in [0.15, 0.2) is 11.6 Å². The normalized spacial score (nSPS) is 10.8. The third-order valence-electron chi connectivity index (χ3n) is 3.29. The second-order valence-corrected chi connectivity index (χ2v) is 4.71. The summed E-state index contributed by atoms with van der Waals surface area (Å²) in [4.78, 5) is 0. The average molecular weight is 286 g/mol. The van der Waals surface area contributed by atoms with Crippen molar-refractivity contribution in [2.75, 3.05) is 5.73 Å². The molecule has 0 aliphatic rings. The van der Waals surface area contributed by atoms with Crippen LogP contribution in [-0.2, 0) is 0 Å². The van der Waals surface area contributed by atoms with Gasteiger partial charge in [-0.1, -0.05) is 23.4 Å². The Kier molecular flexibility index (Phi) is 3.17. The highest BCUT2D eigenvalue weighted by atomic mass is 19.1. The van der Waals surface area contributed by atoms with Gasteiger partial charge in [-0.2, -0.15) is 0 Å². The Hall–Kier alpha value is -2.69. The Labute approximate surface area is 120 Å². The highest BCUT2D eigenvalue weighted by Gasteiger charge is 2.21. The van der Waals surface area contributed by atoms with Crippen LogP contribution < -0.4 is 5.73 Å². The third kappa shape index (κ3) is 2.27. The number of nitrogen functional groups attached to an aromatic ring is 1. The fraction of sp³-hybridized carbons (Fsp3) is 0.0625. The maximum absolute atomic E-state index is 14.0. The molecule has 1 aromatic heterocycles. The summed E-state index contributed by atoms with van der Waals surface area (Å²) in [6, 6.07) is 10.5. The summed E-state index contributed by atoms with van der Waals surface area (Å²) in [6.45, 7) is 1.74. The molecule has 0 unspecified atom stereocenters. The lowest BCUT2D eigenvalue weighted by Gasteiger charge is -2.06. The molecule has 0 amide bonds. The molecule has 5 heteroatoms. The zero-order valence-corrected chi connectivity index (χ0v) is 11.2. The third-order valence-corrected chi connectivity index (χ3v) is 3.29. The number of aromatic nitrogens is 1. The Morgan fingerprint density at radius 3 is 2.52 bits per heavy atom. The van der Waals surface area contributed by atoms with E-state index in [1.807, 2.05) is 0 Å². The molecule has 3 rings (SSSR count). The minimum Gasteiger partial charge on any atom is -0.380 e. The van der Waals surface area contributed by atoms with Crippen LogP contribution in [0.2, 0.25) is 0 Å². The van der Waals surface area contributed by atoms with E-state index in [2.05, 4.69) is 5.16 Å². The van der Waals surface area contributed by atoms with Gasteiger partial charge in [-0.3, -0.25) is 0 Å². The fourth-order valence-corrected chi connectivity index (χ4v) is 2.29. The van der Waals surface area contributed by atoms with Crippen molar-refractivity contribution in [2.24, 2.45) is 0 Å². The zero-order chi connectivity index (χ0) is 15.0. The Morgan fingerprint density at radius 2 is 1.81 bits per heavy atom. The van der Waals surface area contributed by atoms with Crippen molar-refractivity contribution in [2.45, 2.75) is 6.92 Å². The van der Waals surface area contributed by atoms with E-state index >= 15 is 0 Å². The molecule has 0 aliphatic heterocycles. The Balaban J connectivity index is 2.25. The molecular weight excluding hydrogens is 274 g/mol. The largest absolute Gasteiger partial charge is 0.380 e.